The Morgan fingerprint density at radius 2 is 1.80 bits per heavy atom. The molecule has 0 N–H and O–H groups in total. The standard InChI is InChI=1S/C23H25N5O2/c29-22-16-18-5-3-7-20(18)25-28(22)15-12-26-10-13-27(14-11-26)23(30)21-9-8-17-4-1-2-6-19(17)24-21/h1-2,4,6,8-9,16H,3,5,7,10-15H2. The molecule has 0 unspecified atom stereocenters. The van der Waals surface area contributed by atoms with Crippen LogP contribution < -0.4 is 5.56 Å². The van der Waals surface area contributed by atoms with Crippen LogP contribution in [-0.4, -0.2) is 63.2 Å². The van der Waals surface area contributed by atoms with Crippen LogP contribution in [0.1, 0.15) is 28.2 Å². The first-order chi connectivity index (χ1) is 14.7. The minimum absolute atomic E-state index is 0.00755. The number of carbonyl (C=O) groups excluding carboxylic acids is 1. The Morgan fingerprint density at radius 3 is 2.67 bits per heavy atom. The number of hydrogen-bond donors (Lipinski definition) is 0. The maximum absolute atomic E-state index is 12.9. The molecular weight excluding hydrogens is 378 g/mol. The van der Waals surface area contributed by atoms with Crippen LogP contribution in [0.15, 0.2) is 47.3 Å². The highest BCUT2D eigenvalue weighted by molar-refractivity contribution is 5.95. The van der Waals surface area contributed by atoms with Crippen LogP contribution in [-0.2, 0) is 19.4 Å². The summed E-state index contributed by atoms with van der Waals surface area (Å²) in [6, 6.07) is 13.3. The topological polar surface area (TPSA) is 71.3 Å². The van der Waals surface area contributed by atoms with Gasteiger partial charge in [-0.15, -0.1) is 0 Å². The van der Waals surface area contributed by atoms with Gasteiger partial charge in [-0.3, -0.25) is 14.5 Å². The van der Waals surface area contributed by atoms with Gasteiger partial charge in [-0.2, -0.15) is 5.10 Å². The molecule has 3 aromatic rings. The molecule has 1 fully saturated rings. The number of para-hydroxylation sites is 1. The number of aromatic nitrogens is 3. The number of benzene rings is 1. The number of nitrogens with zero attached hydrogens (tertiary/aromatic N) is 5. The van der Waals surface area contributed by atoms with E-state index in [0.717, 1.165) is 61.1 Å². The number of hydrogen-bond acceptors (Lipinski definition) is 5. The molecule has 3 heterocycles. The summed E-state index contributed by atoms with van der Waals surface area (Å²) < 4.78 is 1.60. The maximum atomic E-state index is 12.9. The Hall–Kier alpha value is -3.06. The summed E-state index contributed by atoms with van der Waals surface area (Å²) in [7, 11) is 0. The van der Waals surface area contributed by atoms with Crippen molar-refractivity contribution in [2.75, 3.05) is 32.7 Å². The van der Waals surface area contributed by atoms with E-state index in [-0.39, 0.29) is 11.5 Å². The second kappa shape index (κ2) is 7.99. The molecule has 0 atom stereocenters. The first kappa shape index (κ1) is 18.9. The van der Waals surface area contributed by atoms with Gasteiger partial charge in [-0.05, 0) is 37.0 Å². The van der Waals surface area contributed by atoms with Crippen molar-refractivity contribution in [3.8, 4) is 0 Å². The van der Waals surface area contributed by atoms with E-state index in [1.54, 1.807) is 10.7 Å². The molecule has 154 valence electrons. The lowest BCUT2D eigenvalue weighted by Crippen LogP contribution is -2.49. The van der Waals surface area contributed by atoms with E-state index in [2.05, 4.69) is 15.0 Å². The monoisotopic (exact) mass is 403 g/mol. The average Bonchev–Trinajstić information content (AvgIpc) is 3.24. The van der Waals surface area contributed by atoms with Gasteiger partial charge < -0.3 is 4.90 Å². The lowest BCUT2D eigenvalue weighted by atomic mass is 10.2. The third-order valence-corrected chi connectivity index (χ3v) is 6.13. The van der Waals surface area contributed by atoms with Gasteiger partial charge in [0.2, 0.25) is 0 Å². The van der Waals surface area contributed by atoms with Crippen LogP contribution in [0.25, 0.3) is 10.9 Å². The molecule has 1 aliphatic heterocycles. The first-order valence-corrected chi connectivity index (χ1v) is 10.6. The average molecular weight is 403 g/mol. The molecular formula is C23H25N5O2. The number of rotatable bonds is 4. The minimum Gasteiger partial charge on any atom is -0.335 e. The fourth-order valence-corrected chi connectivity index (χ4v) is 4.36. The smallest absolute Gasteiger partial charge is 0.272 e. The summed E-state index contributed by atoms with van der Waals surface area (Å²) in [6.07, 6.45) is 3.04. The third kappa shape index (κ3) is 3.73. The highest BCUT2D eigenvalue weighted by Gasteiger charge is 2.23. The Morgan fingerprint density at radius 1 is 0.967 bits per heavy atom. The summed E-state index contributed by atoms with van der Waals surface area (Å²) in [5, 5.41) is 5.59. The number of amides is 1. The second-order valence-corrected chi connectivity index (χ2v) is 8.05. The van der Waals surface area contributed by atoms with Crippen LogP contribution >= 0.6 is 0 Å². The second-order valence-electron chi connectivity index (χ2n) is 8.05. The van der Waals surface area contributed by atoms with E-state index < -0.39 is 0 Å². The number of pyridine rings is 1. The van der Waals surface area contributed by atoms with Crippen molar-refractivity contribution in [1.82, 2.24) is 24.6 Å². The molecule has 7 heteroatoms. The summed E-state index contributed by atoms with van der Waals surface area (Å²) in [4.78, 5) is 33.8. The molecule has 7 nitrogen and oxygen atoms in total. The highest BCUT2D eigenvalue weighted by Crippen LogP contribution is 2.17. The zero-order valence-corrected chi connectivity index (χ0v) is 17.0. The van der Waals surface area contributed by atoms with E-state index in [9.17, 15) is 9.59 Å². The lowest BCUT2D eigenvalue weighted by molar-refractivity contribution is 0.0626. The van der Waals surface area contributed by atoms with Gasteiger partial charge >= 0.3 is 0 Å². The molecule has 0 bridgehead atoms. The predicted octanol–water partition coefficient (Wildman–Crippen LogP) is 1.74. The molecule has 1 amide bonds. The molecule has 30 heavy (non-hydrogen) atoms. The molecule has 1 aliphatic carbocycles. The van der Waals surface area contributed by atoms with Crippen LogP contribution in [0.3, 0.4) is 0 Å². The number of fused-ring (bicyclic) bond motifs is 2. The SMILES string of the molecule is O=C(c1ccc2ccccc2n1)N1CCN(CCn2nc3c(cc2=O)CCC3)CC1. The molecule has 5 rings (SSSR count). The molecule has 1 saturated heterocycles. The van der Waals surface area contributed by atoms with Crippen LogP contribution in [0.4, 0.5) is 0 Å². The fourth-order valence-electron chi connectivity index (χ4n) is 4.36. The Balaban J connectivity index is 1.18. The van der Waals surface area contributed by atoms with Gasteiger partial charge in [0.05, 0.1) is 17.8 Å². The van der Waals surface area contributed by atoms with Crippen molar-refractivity contribution in [3.05, 3.63) is 69.8 Å². The van der Waals surface area contributed by atoms with Crippen molar-refractivity contribution in [2.24, 2.45) is 0 Å². The van der Waals surface area contributed by atoms with Crippen LogP contribution in [0, 0.1) is 0 Å². The van der Waals surface area contributed by atoms with Crippen LogP contribution in [0.2, 0.25) is 0 Å². The van der Waals surface area contributed by atoms with Crippen molar-refractivity contribution >= 4 is 16.8 Å². The quantitative estimate of drug-likeness (QED) is 0.664. The zero-order chi connectivity index (χ0) is 20.5. The van der Waals surface area contributed by atoms with E-state index in [4.69, 9.17) is 0 Å². The van der Waals surface area contributed by atoms with E-state index in [1.165, 1.54) is 0 Å². The van der Waals surface area contributed by atoms with Gasteiger partial charge in [0.25, 0.3) is 11.5 Å². The number of piperazine rings is 1. The Labute approximate surface area is 174 Å². The summed E-state index contributed by atoms with van der Waals surface area (Å²) in [5.74, 6) is -0.0167. The number of carbonyl (C=O) groups is 1. The third-order valence-electron chi connectivity index (χ3n) is 6.13. The largest absolute Gasteiger partial charge is 0.335 e. The highest BCUT2D eigenvalue weighted by atomic mass is 16.2. The van der Waals surface area contributed by atoms with E-state index in [1.807, 2.05) is 41.3 Å². The van der Waals surface area contributed by atoms with Gasteiger partial charge in [0.15, 0.2) is 0 Å². The van der Waals surface area contributed by atoms with Gasteiger partial charge in [0.1, 0.15) is 5.69 Å². The van der Waals surface area contributed by atoms with Gasteiger partial charge in [0, 0.05) is 44.2 Å². The van der Waals surface area contributed by atoms with Crippen molar-refractivity contribution in [3.63, 3.8) is 0 Å². The van der Waals surface area contributed by atoms with Crippen molar-refractivity contribution in [2.45, 2.75) is 25.8 Å². The molecule has 2 aliphatic rings. The van der Waals surface area contributed by atoms with Gasteiger partial charge in [-0.1, -0.05) is 24.3 Å². The molecule has 0 saturated carbocycles. The normalized spacial score (nSPS) is 16.7. The minimum atomic E-state index is -0.0167. The molecule has 2 aromatic heterocycles. The Bertz CT molecular complexity index is 1150. The van der Waals surface area contributed by atoms with Crippen molar-refractivity contribution in [1.29, 1.82) is 0 Å². The maximum Gasteiger partial charge on any atom is 0.272 e. The molecule has 0 radical (unpaired) electrons. The molecule has 1 aromatic carbocycles. The summed E-state index contributed by atoms with van der Waals surface area (Å²) in [6.45, 7) is 4.27. The first-order valence-electron chi connectivity index (χ1n) is 10.6. The summed E-state index contributed by atoms with van der Waals surface area (Å²) >= 11 is 0. The molecule has 0 spiro atoms. The number of aryl methyl sites for hydroxylation is 2. The zero-order valence-electron chi connectivity index (χ0n) is 17.0. The van der Waals surface area contributed by atoms with E-state index in [0.29, 0.717) is 25.3 Å². The summed E-state index contributed by atoms with van der Waals surface area (Å²) in [5.41, 5.74) is 3.52. The van der Waals surface area contributed by atoms with Crippen LogP contribution in [0.5, 0.6) is 0 Å². The predicted molar refractivity (Wildman–Crippen MR) is 115 cm³/mol. The Kier molecular flexibility index (Phi) is 5.04. The van der Waals surface area contributed by atoms with E-state index >= 15 is 0 Å². The van der Waals surface area contributed by atoms with Crippen molar-refractivity contribution < 1.29 is 4.79 Å². The fraction of sp³-hybridized carbons (Fsp3) is 0.391. The lowest BCUT2D eigenvalue weighted by Gasteiger charge is -2.34. The van der Waals surface area contributed by atoms with Gasteiger partial charge in [-0.25, -0.2) is 9.67 Å².